The van der Waals surface area contributed by atoms with Gasteiger partial charge < -0.3 is 10.5 Å². The Labute approximate surface area is 129 Å². The lowest BCUT2D eigenvalue weighted by atomic mass is 10.3. The van der Waals surface area contributed by atoms with Crippen molar-refractivity contribution in [1.29, 1.82) is 0 Å². The second kappa shape index (κ2) is 5.73. The van der Waals surface area contributed by atoms with Crippen molar-refractivity contribution in [2.45, 2.75) is 6.92 Å². The Balaban J connectivity index is 2.36. The van der Waals surface area contributed by atoms with Crippen molar-refractivity contribution in [3.63, 3.8) is 0 Å². The van der Waals surface area contributed by atoms with Gasteiger partial charge in [0.15, 0.2) is 0 Å². The van der Waals surface area contributed by atoms with Gasteiger partial charge in [0, 0.05) is 14.2 Å². The number of carbonyl (C=O) groups is 1. The lowest BCUT2D eigenvalue weighted by molar-refractivity contribution is 0.0533. The minimum atomic E-state index is -0.360. The molecule has 2 rings (SSSR count). The first-order chi connectivity index (χ1) is 8.52. The first-order valence-corrected chi connectivity index (χ1v) is 8.26. The zero-order chi connectivity index (χ0) is 13.3. The van der Waals surface area contributed by atoms with Crippen LogP contribution < -0.4 is 5.73 Å². The van der Waals surface area contributed by atoms with Gasteiger partial charge in [-0.1, -0.05) is 0 Å². The fraction of sp³-hybridized carbons (Fsp3) is 0.182. The second-order valence-electron chi connectivity index (χ2n) is 3.35. The Morgan fingerprint density at radius 1 is 1.33 bits per heavy atom. The van der Waals surface area contributed by atoms with Gasteiger partial charge in [0.2, 0.25) is 0 Å². The van der Waals surface area contributed by atoms with Gasteiger partial charge in [-0.05, 0) is 50.9 Å². The van der Waals surface area contributed by atoms with Gasteiger partial charge in [0.1, 0.15) is 4.88 Å². The van der Waals surface area contributed by atoms with E-state index in [1.165, 1.54) is 11.3 Å². The number of hydrogen-bond donors (Lipinski definition) is 1. The Kier molecular flexibility index (Phi) is 4.47. The van der Waals surface area contributed by atoms with Crippen LogP contribution in [0.3, 0.4) is 0 Å². The summed E-state index contributed by atoms with van der Waals surface area (Å²) >= 11 is 9.82. The first kappa shape index (κ1) is 14.0. The molecule has 2 N–H and O–H groups in total. The van der Waals surface area contributed by atoms with E-state index < -0.39 is 0 Å². The van der Waals surface area contributed by atoms with E-state index in [1.807, 2.05) is 12.1 Å². The van der Waals surface area contributed by atoms with E-state index in [9.17, 15) is 4.79 Å². The molecule has 2 heterocycles. The van der Waals surface area contributed by atoms with Gasteiger partial charge in [-0.2, -0.15) is 0 Å². The smallest absolute Gasteiger partial charge is 0.350 e. The summed E-state index contributed by atoms with van der Waals surface area (Å²) in [7, 11) is 0. The van der Waals surface area contributed by atoms with Crippen LogP contribution in [0, 0.1) is 0 Å². The summed E-state index contributed by atoms with van der Waals surface area (Å²) < 4.78 is 6.97. The van der Waals surface area contributed by atoms with Crippen molar-refractivity contribution in [3.8, 4) is 9.75 Å². The van der Waals surface area contributed by atoms with Crippen molar-refractivity contribution >= 4 is 66.2 Å². The quantitative estimate of drug-likeness (QED) is 0.742. The predicted molar refractivity (Wildman–Crippen MR) is 83.4 cm³/mol. The van der Waals surface area contributed by atoms with Crippen molar-refractivity contribution < 1.29 is 9.53 Å². The van der Waals surface area contributed by atoms with Crippen molar-refractivity contribution in [1.82, 2.24) is 0 Å². The molecule has 7 heteroatoms. The van der Waals surface area contributed by atoms with E-state index in [-0.39, 0.29) is 5.97 Å². The molecule has 0 saturated carbocycles. The number of nitrogens with two attached hydrogens (primary N) is 1. The lowest BCUT2D eigenvalue weighted by Gasteiger charge is -1.98. The Hall–Kier alpha value is -0.370. The third kappa shape index (κ3) is 2.79. The number of carbonyl (C=O) groups excluding carboxylic acids is 1. The number of ether oxygens (including phenoxy) is 1. The molecule has 2 aromatic rings. The van der Waals surface area contributed by atoms with Crippen molar-refractivity contribution in [3.05, 3.63) is 25.3 Å². The van der Waals surface area contributed by atoms with Crippen LogP contribution in [0.25, 0.3) is 9.75 Å². The molecular weight excluding hydrogens is 402 g/mol. The molecule has 0 radical (unpaired) electrons. The highest BCUT2D eigenvalue weighted by Crippen LogP contribution is 2.42. The zero-order valence-corrected chi connectivity index (χ0v) is 14.1. The zero-order valence-electron chi connectivity index (χ0n) is 9.33. The van der Waals surface area contributed by atoms with E-state index >= 15 is 0 Å². The number of hydrogen-bond acceptors (Lipinski definition) is 5. The fourth-order valence-corrected chi connectivity index (χ4v) is 4.43. The standard InChI is InChI=1S/C11H9Br2NO2S2/c1-2-16-11(15)9-6(14)4-8(17-9)7-3-5(12)10(13)18-7/h3-4H,2,14H2,1H3. The summed E-state index contributed by atoms with van der Waals surface area (Å²) in [4.78, 5) is 14.2. The summed E-state index contributed by atoms with van der Waals surface area (Å²) in [5.74, 6) is -0.360. The van der Waals surface area contributed by atoms with Gasteiger partial charge >= 0.3 is 5.97 Å². The monoisotopic (exact) mass is 409 g/mol. The van der Waals surface area contributed by atoms with E-state index in [2.05, 4.69) is 31.9 Å². The predicted octanol–water partition coefficient (Wildman–Crippen LogP) is 4.76. The average molecular weight is 411 g/mol. The molecule has 0 atom stereocenters. The maximum absolute atomic E-state index is 11.7. The van der Waals surface area contributed by atoms with Crippen LogP contribution in [0.1, 0.15) is 16.6 Å². The molecule has 0 saturated heterocycles. The van der Waals surface area contributed by atoms with Gasteiger partial charge in [0.05, 0.1) is 16.1 Å². The molecule has 0 amide bonds. The highest BCUT2D eigenvalue weighted by Gasteiger charge is 2.17. The van der Waals surface area contributed by atoms with E-state index in [4.69, 9.17) is 10.5 Å². The number of anilines is 1. The van der Waals surface area contributed by atoms with E-state index in [0.29, 0.717) is 17.2 Å². The molecule has 3 nitrogen and oxygen atoms in total. The SMILES string of the molecule is CCOC(=O)c1sc(-c2cc(Br)c(Br)s2)cc1N. The molecule has 0 fully saturated rings. The van der Waals surface area contributed by atoms with Crippen LogP contribution in [-0.2, 0) is 4.74 Å². The minimum absolute atomic E-state index is 0.349. The minimum Gasteiger partial charge on any atom is -0.462 e. The van der Waals surface area contributed by atoms with Gasteiger partial charge in [-0.15, -0.1) is 22.7 Å². The van der Waals surface area contributed by atoms with Crippen LogP contribution in [0.4, 0.5) is 5.69 Å². The highest BCUT2D eigenvalue weighted by atomic mass is 79.9. The third-order valence-electron chi connectivity index (χ3n) is 2.11. The number of esters is 1. The molecule has 0 aliphatic rings. The first-order valence-electron chi connectivity index (χ1n) is 5.04. The molecule has 0 spiro atoms. The van der Waals surface area contributed by atoms with Crippen molar-refractivity contribution in [2.24, 2.45) is 0 Å². The Morgan fingerprint density at radius 2 is 2.00 bits per heavy atom. The molecule has 96 valence electrons. The average Bonchev–Trinajstić information content (AvgIpc) is 2.84. The summed E-state index contributed by atoms with van der Waals surface area (Å²) in [6.45, 7) is 2.12. The van der Waals surface area contributed by atoms with Gasteiger partial charge in [-0.25, -0.2) is 4.79 Å². The van der Waals surface area contributed by atoms with E-state index in [1.54, 1.807) is 18.3 Å². The number of rotatable bonds is 3. The molecule has 0 aliphatic heterocycles. The molecule has 0 aliphatic carbocycles. The summed E-state index contributed by atoms with van der Waals surface area (Å²) in [6, 6.07) is 3.80. The summed E-state index contributed by atoms with van der Waals surface area (Å²) in [5.41, 5.74) is 6.31. The van der Waals surface area contributed by atoms with E-state index in [0.717, 1.165) is 18.0 Å². The number of nitrogen functional groups attached to an aromatic ring is 1. The topological polar surface area (TPSA) is 52.3 Å². The van der Waals surface area contributed by atoms with Gasteiger partial charge in [0.25, 0.3) is 0 Å². The Morgan fingerprint density at radius 3 is 2.56 bits per heavy atom. The molecule has 2 aromatic heterocycles. The summed E-state index contributed by atoms with van der Waals surface area (Å²) in [6.07, 6.45) is 0. The van der Waals surface area contributed by atoms with Crippen LogP contribution in [-0.4, -0.2) is 12.6 Å². The maximum atomic E-state index is 11.7. The van der Waals surface area contributed by atoms with Crippen LogP contribution in [0.15, 0.2) is 20.4 Å². The Bertz CT molecular complexity index is 572. The van der Waals surface area contributed by atoms with Crippen LogP contribution in [0.5, 0.6) is 0 Å². The molecule has 0 unspecified atom stereocenters. The molecule has 18 heavy (non-hydrogen) atoms. The number of thiophene rings is 2. The van der Waals surface area contributed by atoms with Gasteiger partial charge in [-0.3, -0.25) is 0 Å². The third-order valence-corrected chi connectivity index (χ3v) is 6.69. The maximum Gasteiger partial charge on any atom is 0.350 e. The normalized spacial score (nSPS) is 10.6. The van der Waals surface area contributed by atoms with Crippen LogP contribution >= 0.6 is 54.5 Å². The molecule has 0 bridgehead atoms. The fourth-order valence-electron chi connectivity index (χ4n) is 1.35. The van der Waals surface area contributed by atoms with Crippen LogP contribution in [0.2, 0.25) is 0 Å². The van der Waals surface area contributed by atoms with Crippen molar-refractivity contribution in [2.75, 3.05) is 12.3 Å². The largest absolute Gasteiger partial charge is 0.462 e. The summed E-state index contributed by atoms with van der Waals surface area (Å²) in [5, 5.41) is 0. The molecule has 0 aromatic carbocycles. The lowest BCUT2D eigenvalue weighted by Crippen LogP contribution is -2.04. The number of halogens is 2. The second-order valence-corrected chi connectivity index (χ2v) is 7.62. The highest BCUT2D eigenvalue weighted by molar-refractivity contribution is 9.13. The molecular formula is C11H9Br2NO2S2.